The normalized spacial score (nSPS) is 13.9. The van der Waals surface area contributed by atoms with E-state index in [1.165, 1.54) is 11.0 Å². The molecule has 0 fully saturated rings. The summed E-state index contributed by atoms with van der Waals surface area (Å²) in [5.41, 5.74) is -2.61. The molecular formula is C15H13F4N3O3. The van der Waals surface area contributed by atoms with E-state index in [1.807, 2.05) is 0 Å². The molecule has 10 heteroatoms. The van der Waals surface area contributed by atoms with Gasteiger partial charge in [0, 0.05) is 24.2 Å². The summed E-state index contributed by atoms with van der Waals surface area (Å²) in [7, 11) is 0. The second kappa shape index (κ2) is 6.36. The van der Waals surface area contributed by atoms with E-state index >= 15 is 0 Å². The Labute approximate surface area is 138 Å². The molecule has 0 atom stereocenters. The molecule has 1 aliphatic heterocycles. The first-order chi connectivity index (χ1) is 11.8. The summed E-state index contributed by atoms with van der Waals surface area (Å²) in [5, 5.41) is 14.0. The highest BCUT2D eigenvalue weighted by Crippen LogP contribution is 2.39. The lowest BCUT2D eigenvalue weighted by molar-refractivity contribution is -0.138. The van der Waals surface area contributed by atoms with E-state index in [-0.39, 0.29) is 37.6 Å². The maximum absolute atomic E-state index is 14.1. The quantitative estimate of drug-likeness (QED) is 0.815. The molecule has 0 unspecified atom stereocenters. The molecule has 134 valence electrons. The Morgan fingerprint density at radius 1 is 1.28 bits per heavy atom. The van der Waals surface area contributed by atoms with E-state index in [0.717, 1.165) is 12.3 Å². The first-order valence-electron chi connectivity index (χ1n) is 7.26. The number of hydrogen-bond donors (Lipinski definition) is 2. The van der Waals surface area contributed by atoms with Gasteiger partial charge in [0.2, 0.25) is 0 Å². The van der Waals surface area contributed by atoms with Gasteiger partial charge in [-0.3, -0.25) is 4.79 Å². The van der Waals surface area contributed by atoms with E-state index in [0.29, 0.717) is 5.56 Å². The van der Waals surface area contributed by atoms with Crippen molar-refractivity contribution in [1.29, 1.82) is 0 Å². The van der Waals surface area contributed by atoms with Crippen molar-refractivity contribution < 1.29 is 27.4 Å². The monoisotopic (exact) mass is 359 g/mol. The standard InChI is InChI=1S/C15H13F4N3O3/c16-10-1-2-12(25-4-3-23)9-7-22(6-8(9)10)11-5-20-21-14(24)13(11)15(17,18)19/h1-2,5,23H,3-4,6-7H2,(H,21,24). The number of aliphatic hydroxyl groups excluding tert-OH is 1. The van der Waals surface area contributed by atoms with Crippen molar-refractivity contribution in [3.8, 4) is 5.75 Å². The Balaban J connectivity index is 2.02. The van der Waals surface area contributed by atoms with Gasteiger partial charge in [-0.15, -0.1) is 0 Å². The lowest BCUT2D eigenvalue weighted by atomic mass is 10.1. The van der Waals surface area contributed by atoms with Gasteiger partial charge < -0.3 is 14.7 Å². The number of H-pyrrole nitrogens is 1. The predicted molar refractivity (Wildman–Crippen MR) is 78.7 cm³/mol. The van der Waals surface area contributed by atoms with E-state index in [1.54, 1.807) is 5.10 Å². The molecule has 2 heterocycles. The van der Waals surface area contributed by atoms with Crippen molar-refractivity contribution in [2.45, 2.75) is 19.3 Å². The van der Waals surface area contributed by atoms with Gasteiger partial charge in [-0.25, -0.2) is 9.49 Å². The Morgan fingerprint density at radius 2 is 2.00 bits per heavy atom. The highest BCUT2D eigenvalue weighted by atomic mass is 19.4. The number of alkyl halides is 3. The third-order valence-corrected chi connectivity index (χ3v) is 3.84. The molecule has 0 spiro atoms. The Bertz CT molecular complexity index is 851. The van der Waals surface area contributed by atoms with Gasteiger partial charge in [-0.2, -0.15) is 18.3 Å². The van der Waals surface area contributed by atoms with Crippen molar-refractivity contribution in [3.63, 3.8) is 0 Å². The second-order valence-corrected chi connectivity index (χ2v) is 5.39. The number of ether oxygens (including phenoxy) is 1. The smallest absolute Gasteiger partial charge is 0.423 e. The summed E-state index contributed by atoms with van der Waals surface area (Å²) < 4.78 is 59.0. The zero-order chi connectivity index (χ0) is 18.2. The van der Waals surface area contributed by atoms with Crippen LogP contribution in [0.25, 0.3) is 0 Å². The largest absolute Gasteiger partial charge is 0.491 e. The van der Waals surface area contributed by atoms with Crippen LogP contribution < -0.4 is 15.2 Å². The van der Waals surface area contributed by atoms with E-state index in [9.17, 15) is 22.4 Å². The molecule has 2 N–H and O–H groups in total. The van der Waals surface area contributed by atoms with Gasteiger partial charge in [0.15, 0.2) is 0 Å². The number of anilines is 1. The average Bonchev–Trinajstić information content (AvgIpc) is 2.99. The SMILES string of the molecule is O=c1[nH]ncc(N2Cc3c(F)ccc(OCCO)c3C2)c1C(F)(F)F. The maximum Gasteiger partial charge on any atom is 0.423 e. The fourth-order valence-electron chi connectivity index (χ4n) is 2.79. The molecular weight excluding hydrogens is 346 g/mol. The van der Waals surface area contributed by atoms with Gasteiger partial charge in [0.1, 0.15) is 23.7 Å². The topological polar surface area (TPSA) is 78.5 Å². The highest BCUT2D eigenvalue weighted by molar-refractivity contribution is 5.58. The summed E-state index contributed by atoms with van der Waals surface area (Å²) in [6.45, 7) is -0.529. The number of rotatable bonds is 4. The molecule has 1 aliphatic rings. The highest BCUT2D eigenvalue weighted by Gasteiger charge is 2.40. The Kier molecular flexibility index (Phi) is 4.38. The lowest BCUT2D eigenvalue weighted by Gasteiger charge is -2.21. The zero-order valence-electron chi connectivity index (χ0n) is 12.7. The van der Waals surface area contributed by atoms with Crippen LogP contribution in [0.2, 0.25) is 0 Å². The zero-order valence-corrected chi connectivity index (χ0v) is 12.7. The molecule has 1 aromatic carbocycles. The van der Waals surface area contributed by atoms with Crippen LogP contribution in [0.5, 0.6) is 5.75 Å². The number of halogens is 4. The van der Waals surface area contributed by atoms with E-state index in [2.05, 4.69) is 5.10 Å². The lowest BCUT2D eigenvalue weighted by Crippen LogP contribution is -2.28. The van der Waals surface area contributed by atoms with E-state index < -0.39 is 28.8 Å². The van der Waals surface area contributed by atoms with Crippen molar-refractivity contribution in [3.05, 3.63) is 51.2 Å². The molecule has 6 nitrogen and oxygen atoms in total. The summed E-state index contributed by atoms with van der Waals surface area (Å²) >= 11 is 0. The van der Waals surface area contributed by atoms with Gasteiger partial charge in [-0.1, -0.05) is 0 Å². The fraction of sp³-hybridized carbons (Fsp3) is 0.333. The first kappa shape index (κ1) is 17.2. The summed E-state index contributed by atoms with van der Waals surface area (Å²) in [6.07, 6.45) is -3.99. The van der Waals surface area contributed by atoms with Crippen LogP contribution in [0.15, 0.2) is 23.1 Å². The molecule has 1 aromatic heterocycles. The first-order valence-corrected chi connectivity index (χ1v) is 7.26. The number of aromatic amines is 1. The summed E-state index contributed by atoms with van der Waals surface area (Å²) in [6, 6.07) is 2.50. The second-order valence-electron chi connectivity index (χ2n) is 5.39. The number of benzene rings is 1. The van der Waals surface area contributed by atoms with Crippen LogP contribution in [0, 0.1) is 5.82 Å². The number of hydrogen-bond acceptors (Lipinski definition) is 5. The van der Waals surface area contributed by atoms with Crippen LogP contribution in [0.4, 0.5) is 23.2 Å². The number of nitrogens with one attached hydrogen (secondary N) is 1. The molecule has 0 saturated carbocycles. The third-order valence-electron chi connectivity index (χ3n) is 3.84. The number of nitrogens with zero attached hydrogens (tertiary/aromatic N) is 2. The van der Waals surface area contributed by atoms with Gasteiger partial charge in [-0.05, 0) is 12.1 Å². The number of aromatic nitrogens is 2. The minimum Gasteiger partial charge on any atom is -0.491 e. The number of aliphatic hydroxyl groups is 1. The van der Waals surface area contributed by atoms with Crippen LogP contribution in [-0.2, 0) is 19.3 Å². The molecule has 0 amide bonds. The fourth-order valence-corrected chi connectivity index (χ4v) is 2.79. The molecule has 0 saturated heterocycles. The van der Waals surface area contributed by atoms with Crippen molar-refractivity contribution in [2.75, 3.05) is 18.1 Å². The van der Waals surface area contributed by atoms with Crippen molar-refractivity contribution in [2.24, 2.45) is 0 Å². The van der Waals surface area contributed by atoms with Crippen LogP contribution >= 0.6 is 0 Å². The number of fused-ring (bicyclic) bond motifs is 1. The van der Waals surface area contributed by atoms with Crippen LogP contribution in [-0.4, -0.2) is 28.5 Å². The minimum atomic E-state index is -4.88. The maximum atomic E-state index is 14.1. The predicted octanol–water partition coefficient (Wildman–Crippen LogP) is 1.82. The Morgan fingerprint density at radius 3 is 2.68 bits per heavy atom. The Hall–Kier alpha value is -2.62. The van der Waals surface area contributed by atoms with Crippen molar-refractivity contribution in [1.82, 2.24) is 10.2 Å². The molecule has 0 aliphatic carbocycles. The van der Waals surface area contributed by atoms with Crippen molar-refractivity contribution >= 4 is 5.69 Å². The molecule has 2 aromatic rings. The third kappa shape index (κ3) is 3.16. The van der Waals surface area contributed by atoms with Gasteiger partial charge in [0.25, 0.3) is 5.56 Å². The van der Waals surface area contributed by atoms with Gasteiger partial charge in [0.05, 0.1) is 18.5 Å². The van der Waals surface area contributed by atoms with E-state index in [4.69, 9.17) is 9.84 Å². The summed E-state index contributed by atoms with van der Waals surface area (Å²) in [5.74, 6) is -0.306. The molecule has 0 bridgehead atoms. The average molecular weight is 359 g/mol. The summed E-state index contributed by atoms with van der Waals surface area (Å²) in [4.78, 5) is 12.8. The molecule has 3 rings (SSSR count). The molecule has 0 radical (unpaired) electrons. The van der Waals surface area contributed by atoms with Gasteiger partial charge >= 0.3 is 6.18 Å². The molecule has 25 heavy (non-hydrogen) atoms. The van der Waals surface area contributed by atoms with Crippen LogP contribution in [0.3, 0.4) is 0 Å². The van der Waals surface area contributed by atoms with Crippen LogP contribution in [0.1, 0.15) is 16.7 Å². The minimum absolute atomic E-state index is 0.0293.